The van der Waals surface area contributed by atoms with E-state index in [-0.39, 0.29) is 6.10 Å². The van der Waals surface area contributed by atoms with Gasteiger partial charge in [0, 0.05) is 0 Å². The molecule has 2 rings (SSSR count). The van der Waals surface area contributed by atoms with Gasteiger partial charge in [0.2, 0.25) is 0 Å². The summed E-state index contributed by atoms with van der Waals surface area (Å²) < 4.78 is 0. The molecule has 64 valence electrons. The number of rotatable bonds is 0. The van der Waals surface area contributed by atoms with E-state index < -0.39 is 0 Å². The first-order valence-corrected chi connectivity index (χ1v) is 4.97. The molecule has 0 aromatic rings. The van der Waals surface area contributed by atoms with E-state index in [4.69, 9.17) is 0 Å². The van der Waals surface area contributed by atoms with Crippen molar-refractivity contribution in [3.63, 3.8) is 0 Å². The number of aliphatic hydroxyl groups is 1. The lowest BCUT2D eigenvalue weighted by molar-refractivity contribution is 0.0396. The van der Waals surface area contributed by atoms with Gasteiger partial charge in [0.05, 0.1) is 6.10 Å². The minimum atomic E-state index is 0.0405. The average Bonchev–Trinajstić information content (AvgIpc) is 2.35. The summed E-state index contributed by atoms with van der Waals surface area (Å²) >= 11 is 0. The van der Waals surface area contributed by atoms with Crippen molar-refractivity contribution in [2.45, 2.75) is 45.1 Å². The maximum absolute atomic E-state index is 9.70. The van der Waals surface area contributed by atoms with Gasteiger partial charge in [-0.15, -0.1) is 0 Å². The Kier molecular flexibility index (Phi) is 1.92. The summed E-state index contributed by atoms with van der Waals surface area (Å²) in [5.41, 5.74) is 0. The number of hydrogen-bond donors (Lipinski definition) is 1. The lowest BCUT2D eigenvalue weighted by atomic mass is 9.77. The fourth-order valence-corrected chi connectivity index (χ4v) is 3.06. The molecule has 11 heavy (non-hydrogen) atoms. The van der Waals surface area contributed by atoms with Crippen molar-refractivity contribution in [2.75, 3.05) is 0 Å². The lowest BCUT2D eigenvalue weighted by Crippen LogP contribution is -2.30. The lowest BCUT2D eigenvalue weighted by Gasteiger charge is -2.32. The van der Waals surface area contributed by atoms with Crippen LogP contribution in [0.2, 0.25) is 0 Å². The van der Waals surface area contributed by atoms with Crippen molar-refractivity contribution in [1.29, 1.82) is 0 Å². The van der Waals surface area contributed by atoms with Gasteiger partial charge < -0.3 is 5.11 Å². The second-order valence-electron chi connectivity index (χ2n) is 4.38. The molecule has 0 aromatic heterocycles. The summed E-state index contributed by atoms with van der Waals surface area (Å²) in [7, 11) is 0. The fraction of sp³-hybridized carbons (Fsp3) is 1.00. The highest BCUT2D eigenvalue weighted by Gasteiger charge is 2.39. The van der Waals surface area contributed by atoms with Crippen LogP contribution in [-0.2, 0) is 0 Å². The first kappa shape index (κ1) is 7.60. The highest BCUT2D eigenvalue weighted by atomic mass is 16.3. The maximum Gasteiger partial charge on any atom is 0.0571 e. The Morgan fingerprint density at radius 2 is 1.82 bits per heavy atom. The second-order valence-corrected chi connectivity index (χ2v) is 4.38. The molecule has 2 saturated carbocycles. The summed E-state index contributed by atoms with van der Waals surface area (Å²) in [5.74, 6) is 2.41. The Morgan fingerprint density at radius 3 is 2.55 bits per heavy atom. The Morgan fingerprint density at radius 1 is 1.00 bits per heavy atom. The van der Waals surface area contributed by atoms with Crippen LogP contribution in [0.4, 0.5) is 0 Å². The molecule has 4 atom stereocenters. The zero-order chi connectivity index (χ0) is 7.84. The SMILES string of the molecule is CC1CCC2C(O)CCCC12. The van der Waals surface area contributed by atoms with Gasteiger partial charge in [0.25, 0.3) is 0 Å². The molecule has 2 aliphatic rings. The van der Waals surface area contributed by atoms with Crippen molar-refractivity contribution < 1.29 is 5.11 Å². The number of fused-ring (bicyclic) bond motifs is 1. The third-order valence-electron chi connectivity index (χ3n) is 3.77. The molecule has 2 fully saturated rings. The van der Waals surface area contributed by atoms with Gasteiger partial charge in [-0.05, 0) is 37.0 Å². The molecule has 0 spiro atoms. The van der Waals surface area contributed by atoms with E-state index in [1.165, 1.54) is 25.7 Å². The van der Waals surface area contributed by atoms with Crippen LogP contribution in [0.25, 0.3) is 0 Å². The second kappa shape index (κ2) is 2.78. The van der Waals surface area contributed by atoms with Gasteiger partial charge in [-0.2, -0.15) is 0 Å². The zero-order valence-corrected chi connectivity index (χ0v) is 7.29. The van der Waals surface area contributed by atoms with Gasteiger partial charge in [-0.25, -0.2) is 0 Å². The first-order valence-electron chi connectivity index (χ1n) is 4.97. The molecule has 0 amide bonds. The molecule has 0 heterocycles. The molecule has 1 nitrogen and oxygen atoms in total. The summed E-state index contributed by atoms with van der Waals surface area (Å²) in [5, 5.41) is 9.70. The molecule has 0 aromatic carbocycles. The van der Waals surface area contributed by atoms with Gasteiger partial charge in [-0.3, -0.25) is 0 Å². The van der Waals surface area contributed by atoms with E-state index in [0.29, 0.717) is 5.92 Å². The predicted molar refractivity (Wildman–Crippen MR) is 45.2 cm³/mol. The van der Waals surface area contributed by atoms with E-state index in [2.05, 4.69) is 6.92 Å². The van der Waals surface area contributed by atoms with Crippen molar-refractivity contribution >= 4 is 0 Å². The Bertz CT molecular complexity index is 142. The molecule has 0 saturated heterocycles. The molecule has 4 unspecified atom stereocenters. The highest BCUT2D eigenvalue weighted by Crippen LogP contribution is 2.45. The first-order chi connectivity index (χ1) is 5.29. The van der Waals surface area contributed by atoms with Crippen LogP contribution in [0.15, 0.2) is 0 Å². The Labute approximate surface area is 68.8 Å². The van der Waals surface area contributed by atoms with Crippen LogP contribution >= 0.6 is 0 Å². The molecule has 1 N–H and O–H groups in total. The smallest absolute Gasteiger partial charge is 0.0571 e. The normalized spacial score (nSPS) is 50.7. The average molecular weight is 154 g/mol. The third-order valence-corrected chi connectivity index (χ3v) is 3.77. The molecular formula is C10H18O. The van der Waals surface area contributed by atoms with Crippen LogP contribution < -0.4 is 0 Å². The van der Waals surface area contributed by atoms with Gasteiger partial charge >= 0.3 is 0 Å². The molecule has 1 heteroatoms. The van der Waals surface area contributed by atoms with Crippen LogP contribution in [0.5, 0.6) is 0 Å². The van der Waals surface area contributed by atoms with Crippen LogP contribution in [0.1, 0.15) is 39.0 Å². The van der Waals surface area contributed by atoms with E-state index in [0.717, 1.165) is 18.3 Å². The zero-order valence-electron chi connectivity index (χ0n) is 7.29. The summed E-state index contributed by atoms with van der Waals surface area (Å²) in [6.07, 6.45) is 6.38. The topological polar surface area (TPSA) is 20.2 Å². The number of hydrogen-bond acceptors (Lipinski definition) is 1. The van der Waals surface area contributed by atoms with Crippen LogP contribution in [0, 0.1) is 17.8 Å². The molecular weight excluding hydrogens is 136 g/mol. The molecule has 0 aliphatic heterocycles. The third kappa shape index (κ3) is 1.20. The Balaban J connectivity index is 2.07. The quantitative estimate of drug-likeness (QED) is 0.567. The fourth-order valence-electron chi connectivity index (χ4n) is 3.06. The van der Waals surface area contributed by atoms with Crippen LogP contribution in [0.3, 0.4) is 0 Å². The monoisotopic (exact) mass is 154 g/mol. The molecule has 2 aliphatic carbocycles. The van der Waals surface area contributed by atoms with E-state index in [9.17, 15) is 5.11 Å². The van der Waals surface area contributed by atoms with Crippen molar-refractivity contribution in [1.82, 2.24) is 0 Å². The summed E-state index contributed by atoms with van der Waals surface area (Å²) in [4.78, 5) is 0. The van der Waals surface area contributed by atoms with Gasteiger partial charge in [-0.1, -0.05) is 19.8 Å². The van der Waals surface area contributed by atoms with E-state index in [1.54, 1.807) is 0 Å². The van der Waals surface area contributed by atoms with E-state index >= 15 is 0 Å². The standard InChI is InChI=1S/C10H18O/c1-7-5-6-9-8(7)3-2-4-10(9)11/h7-11H,2-6H2,1H3. The van der Waals surface area contributed by atoms with Gasteiger partial charge in [0.15, 0.2) is 0 Å². The number of aliphatic hydroxyl groups excluding tert-OH is 1. The predicted octanol–water partition coefficient (Wildman–Crippen LogP) is 2.19. The summed E-state index contributed by atoms with van der Waals surface area (Å²) in [6, 6.07) is 0. The maximum atomic E-state index is 9.70. The van der Waals surface area contributed by atoms with Crippen molar-refractivity contribution in [2.24, 2.45) is 17.8 Å². The minimum absolute atomic E-state index is 0.0405. The van der Waals surface area contributed by atoms with Crippen molar-refractivity contribution in [3.05, 3.63) is 0 Å². The highest BCUT2D eigenvalue weighted by molar-refractivity contribution is 4.89. The molecule has 0 radical (unpaired) electrons. The summed E-state index contributed by atoms with van der Waals surface area (Å²) in [6.45, 7) is 2.35. The largest absolute Gasteiger partial charge is 0.393 e. The van der Waals surface area contributed by atoms with Gasteiger partial charge in [0.1, 0.15) is 0 Å². The molecule has 0 bridgehead atoms. The minimum Gasteiger partial charge on any atom is -0.393 e. The van der Waals surface area contributed by atoms with Crippen LogP contribution in [-0.4, -0.2) is 11.2 Å². The Hall–Kier alpha value is -0.0400. The van der Waals surface area contributed by atoms with Crippen molar-refractivity contribution in [3.8, 4) is 0 Å². The van der Waals surface area contributed by atoms with E-state index in [1.807, 2.05) is 0 Å².